The Morgan fingerprint density at radius 1 is 0.950 bits per heavy atom. The van der Waals surface area contributed by atoms with Gasteiger partial charge in [-0.1, -0.05) is 43.9 Å². The van der Waals surface area contributed by atoms with Crippen LogP contribution in [0.3, 0.4) is 0 Å². The summed E-state index contributed by atoms with van der Waals surface area (Å²) in [4.78, 5) is 4.76. The second-order valence-corrected chi connectivity index (χ2v) is 11.9. The molecule has 0 saturated heterocycles. The molecule has 1 aromatic heterocycles. The molecule has 3 rings (SSSR count). The van der Waals surface area contributed by atoms with Crippen LogP contribution in [0.25, 0.3) is 11.3 Å². The van der Waals surface area contributed by atoms with Crippen molar-refractivity contribution in [3.8, 4) is 11.3 Å². The van der Waals surface area contributed by atoms with E-state index in [2.05, 4.69) is 56.2 Å². The first-order valence-electron chi connectivity index (χ1n) is 7.63. The molecule has 104 valence electrons. The second kappa shape index (κ2) is 5.17. The van der Waals surface area contributed by atoms with Gasteiger partial charge < -0.3 is 0 Å². The van der Waals surface area contributed by atoms with E-state index in [0.717, 1.165) is 5.69 Å². The Bertz CT molecular complexity index is 608. The Morgan fingerprint density at radius 2 is 1.75 bits per heavy atom. The van der Waals surface area contributed by atoms with Gasteiger partial charge in [-0.3, -0.25) is 4.98 Å². The van der Waals surface area contributed by atoms with Crippen LogP contribution in [-0.4, -0.2) is 13.1 Å². The van der Waals surface area contributed by atoms with Crippen LogP contribution in [0.5, 0.6) is 0 Å². The minimum atomic E-state index is -1.25. The molecule has 1 nitrogen and oxygen atoms in total. The molecule has 0 fully saturated rings. The standard InChI is InChI=1S/C18H23NSi/c1-20(2,3)15-11-12-18(19-13-15)17-10-6-8-14-7-4-5-9-16(14)17/h6,8,10-13H,4-5,7,9H2,1-3H3. The summed E-state index contributed by atoms with van der Waals surface area (Å²) in [5, 5.41) is 1.44. The van der Waals surface area contributed by atoms with Crippen molar-refractivity contribution in [3.63, 3.8) is 0 Å². The van der Waals surface area contributed by atoms with E-state index in [4.69, 9.17) is 4.98 Å². The highest BCUT2D eigenvalue weighted by atomic mass is 28.3. The Kier molecular flexibility index (Phi) is 3.51. The van der Waals surface area contributed by atoms with Gasteiger partial charge in [0.1, 0.15) is 0 Å². The Morgan fingerprint density at radius 3 is 2.45 bits per heavy atom. The van der Waals surface area contributed by atoms with Crippen molar-refractivity contribution in [2.45, 2.75) is 45.3 Å². The van der Waals surface area contributed by atoms with Crippen LogP contribution in [0.4, 0.5) is 0 Å². The highest BCUT2D eigenvalue weighted by molar-refractivity contribution is 6.88. The smallest absolute Gasteiger partial charge is 0.0796 e. The van der Waals surface area contributed by atoms with Crippen LogP contribution in [0.2, 0.25) is 19.6 Å². The van der Waals surface area contributed by atoms with Crippen LogP contribution in [0.15, 0.2) is 36.5 Å². The summed E-state index contributed by atoms with van der Waals surface area (Å²) >= 11 is 0. The number of aromatic nitrogens is 1. The van der Waals surface area contributed by atoms with Gasteiger partial charge in [0, 0.05) is 11.8 Å². The third-order valence-electron chi connectivity index (χ3n) is 4.30. The summed E-state index contributed by atoms with van der Waals surface area (Å²) in [7, 11) is -1.25. The van der Waals surface area contributed by atoms with E-state index in [1.807, 2.05) is 0 Å². The number of rotatable bonds is 2. The van der Waals surface area contributed by atoms with Gasteiger partial charge in [0.25, 0.3) is 0 Å². The van der Waals surface area contributed by atoms with E-state index in [9.17, 15) is 0 Å². The molecule has 0 unspecified atom stereocenters. The van der Waals surface area contributed by atoms with Crippen molar-refractivity contribution in [2.75, 3.05) is 0 Å². The average Bonchev–Trinajstić information content (AvgIpc) is 2.46. The molecule has 1 aromatic carbocycles. The van der Waals surface area contributed by atoms with Crippen LogP contribution in [0.1, 0.15) is 24.0 Å². The quantitative estimate of drug-likeness (QED) is 0.753. The van der Waals surface area contributed by atoms with E-state index < -0.39 is 8.07 Å². The van der Waals surface area contributed by atoms with Crippen LogP contribution < -0.4 is 5.19 Å². The minimum Gasteiger partial charge on any atom is -0.256 e. The average molecular weight is 281 g/mol. The lowest BCUT2D eigenvalue weighted by Gasteiger charge is -2.20. The SMILES string of the molecule is C[Si](C)(C)c1ccc(-c2cccc3c2CCCC3)nc1. The lowest BCUT2D eigenvalue weighted by molar-refractivity contribution is 0.686. The molecule has 0 amide bonds. The van der Waals surface area contributed by atoms with Gasteiger partial charge in [0.05, 0.1) is 13.8 Å². The fraction of sp³-hybridized carbons (Fsp3) is 0.389. The predicted molar refractivity (Wildman–Crippen MR) is 89.3 cm³/mol. The zero-order valence-corrected chi connectivity index (χ0v) is 13.7. The third-order valence-corrected chi connectivity index (χ3v) is 6.33. The van der Waals surface area contributed by atoms with Gasteiger partial charge in [0.2, 0.25) is 0 Å². The summed E-state index contributed by atoms with van der Waals surface area (Å²) in [6, 6.07) is 11.2. The number of hydrogen-bond donors (Lipinski definition) is 0. The van der Waals surface area contributed by atoms with E-state index in [1.54, 1.807) is 0 Å². The number of benzene rings is 1. The third kappa shape index (κ3) is 2.57. The highest BCUT2D eigenvalue weighted by Crippen LogP contribution is 2.30. The van der Waals surface area contributed by atoms with E-state index in [0.29, 0.717) is 0 Å². The highest BCUT2D eigenvalue weighted by Gasteiger charge is 2.18. The van der Waals surface area contributed by atoms with Crippen LogP contribution >= 0.6 is 0 Å². The monoisotopic (exact) mass is 281 g/mol. The van der Waals surface area contributed by atoms with E-state index >= 15 is 0 Å². The summed E-state index contributed by atoms with van der Waals surface area (Å²) in [5.41, 5.74) is 5.56. The summed E-state index contributed by atoms with van der Waals surface area (Å²) in [5.74, 6) is 0. The van der Waals surface area contributed by atoms with Gasteiger partial charge >= 0.3 is 0 Å². The first-order chi connectivity index (χ1) is 9.55. The fourth-order valence-corrected chi connectivity index (χ4v) is 4.05. The zero-order valence-electron chi connectivity index (χ0n) is 12.7. The molecule has 0 atom stereocenters. The largest absolute Gasteiger partial charge is 0.256 e. The van der Waals surface area contributed by atoms with E-state index in [1.165, 1.54) is 47.6 Å². The summed E-state index contributed by atoms with van der Waals surface area (Å²) in [6.07, 6.45) is 7.19. The molecular weight excluding hydrogens is 258 g/mol. The molecule has 1 aliphatic carbocycles. The van der Waals surface area contributed by atoms with Crippen molar-refractivity contribution in [2.24, 2.45) is 0 Å². The van der Waals surface area contributed by atoms with Crippen LogP contribution in [-0.2, 0) is 12.8 Å². The van der Waals surface area contributed by atoms with Gasteiger partial charge in [-0.25, -0.2) is 0 Å². The lowest BCUT2D eigenvalue weighted by Crippen LogP contribution is -2.37. The Balaban J connectivity index is 2.01. The van der Waals surface area contributed by atoms with Crippen molar-refractivity contribution >= 4 is 13.3 Å². The molecular formula is C18H23NSi. The molecule has 20 heavy (non-hydrogen) atoms. The molecule has 0 radical (unpaired) electrons. The molecule has 1 aliphatic rings. The topological polar surface area (TPSA) is 12.9 Å². The van der Waals surface area contributed by atoms with Gasteiger partial charge in [-0.2, -0.15) is 0 Å². The van der Waals surface area contributed by atoms with Gasteiger partial charge in [-0.15, -0.1) is 0 Å². The molecule has 0 saturated carbocycles. The number of hydrogen-bond acceptors (Lipinski definition) is 1. The predicted octanol–water partition coefficient (Wildman–Crippen LogP) is 4.17. The number of pyridine rings is 1. The summed E-state index contributed by atoms with van der Waals surface area (Å²) in [6.45, 7) is 7.11. The van der Waals surface area contributed by atoms with Crippen molar-refractivity contribution < 1.29 is 0 Å². The van der Waals surface area contributed by atoms with Gasteiger partial charge in [0.15, 0.2) is 0 Å². The molecule has 0 spiro atoms. The maximum absolute atomic E-state index is 4.76. The molecule has 0 aliphatic heterocycles. The zero-order chi connectivity index (χ0) is 14.2. The summed E-state index contributed by atoms with van der Waals surface area (Å²) < 4.78 is 0. The number of fused-ring (bicyclic) bond motifs is 1. The van der Waals surface area contributed by atoms with Crippen molar-refractivity contribution in [3.05, 3.63) is 47.7 Å². The fourth-order valence-electron chi connectivity index (χ4n) is 3.02. The second-order valence-electron chi connectivity index (χ2n) is 6.83. The molecule has 1 heterocycles. The molecule has 0 N–H and O–H groups in total. The normalized spacial score (nSPS) is 14.9. The Labute approximate surface area is 123 Å². The molecule has 2 aromatic rings. The Hall–Kier alpha value is -1.41. The minimum absolute atomic E-state index is 1.14. The van der Waals surface area contributed by atoms with Crippen molar-refractivity contribution in [1.82, 2.24) is 4.98 Å². The molecule has 0 bridgehead atoms. The van der Waals surface area contributed by atoms with E-state index in [-0.39, 0.29) is 0 Å². The van der Waals surface area contributed by atoms with Gasteiger partial charge in [-0.05, 0) is 48.1 Å². The van der Waals surface area contributed by atoms with Crippen molar-refractivity contribution in [1.29, 1.82) is 0 Å². The van der Waals surface area contributed by atoms with Crippen LogP contribution in [0, 0.1) is 0 Å². The lowest BCUT2D eigenvalue weighted by atomic mass is 9.87. The first-order valence-corrected chi connectivity index (χ1v) is 11.1. The first kappa shape index (κ1) is 13.6. The molecule has 2 heteroatoms. The maximum atomic E-state index is 4.76. The number of aryl methyl sites for hydroxylation is 1. The number of nitrogens with zero attached hydrogens (tertiary/aromatic N) is 1. The maximum Gasteiger partial charge on any atom is 0.0796 e.